The number of carbonyl (C=O) groups excluding carboxylic acids is 1. The molecule has 2 N–H and O–H groups in total. The van der Waals surface area contributed by atoms with E-state index in [0.29, 0.717) is 25.0 Å². The van der Waals surface area contributed by atoms with E-state index in [0.717, 1.165) is 47.2 Å². The second kappa shape index (κ2) is 8.83. The quantitative estimate of drug-likeness (QED) is 0.583. The molecule has 8 heteroatoms. The van der Waals surface area contributed by atoms with Gasteiger partial charge in [-0.15, -0.1) is 0 Å². The van der Waals surface area contributed by atoms with Gasteiger partial charge in [0.2, 0.25) is 5.91 Å². The van der Waals surface area contributed by atoms with Gasteiger partial charge in [-0.3, -0.25) is 14.8 Å². The Kier molecular flexibility index (Phi) is 6.00. The second-order valence-corrected chi connectivity index (χ2v) is 10.5. The van der Waals surface area contributed by atoms with Gasteiger partial charge in [0.15, 0.2) is 0 Å². The number of fused-ring (bicyclic) bond motifs is 2. The fraction of sp³-hybridized carbons (Fsp3) is 0.538. The Morgan fingerprint density at radius 3 is 2.65 bits per heavy atom. The zero-order valence-corrected chi connectivity index (χ0v) is 20.8. The molecular weight excluding hydrogens is 430 g/mol. The summed E-state index contributed by atoms with van der Waals surface area (Å²) in [5.41, 5.74) is 6.79. The number of aromatic nitrogens is 3. The topological polar surface area (TPSA) is 86.5 Å². The third-order valence-corrected chi connectivity index (χ3v) is 7.54. The SMILES string of the molecule is CO[C@H]1CN(CC(=O)N(C)c2ccc3cc(-c4n[nH]c5c4CCC(C)(C)C5)[nH]c3c2)C[C@H]1OC. The molecule has 3 aromatic rings. The van der Waals surface area contributed by atoms with E-state index < -0.39 is 0 Å². The average Bonchev–Trinajstić information content (AvgIpc) is 3.52. The average molecular weight is 466 g/mol. The van der Waals surface area contributed by atoms with Crippen LogP contribution in [-0.2, 0) is 27.1 Å². The normalized spacial score (nSPS) is 22.3. The van der Waals surface area contributed by atoms with E-state index in [1.807, 2.05) is 19.2 Å². The molecule has 182 valence electrons. The number of hydrogen-bond donors (Lipinski definition) is 2. The van der Waals surface area contributed by atoms with E-state index in [1.165, 1.54) is 11.3 Å². The van der Waals surface area contributed by atoms with Gasteiger partial charge in [-0.1, -0.05) is 19.9 Å². The smallest absolute Gasteiger partial charge is 0.240 e. The minimum Gasteiger partial charge on any atom is -0.377 e. The van der Waals surface area contributed by atoms with Gasteiger partial charge < -0.3 is 19.4 Å². The van der Waals surface area contributed by atoms with E-state index in [4.69, 9.17) is 9.47 Å². The van der Waals surface area contributed by atoms with Crippen molar-refractivity contribution in [2.24, 2.45) is 5.41 Å². The molecular formula is C26H35N5O3. The fourth-order valence-corrected chi connectivity index (χ4v) is 5.36. The third kappa shape index (κ3) is 4.26. The summed E-state index contributed by atoms with van der Waals surface area (Å²) in [5.74, 6) is 0.0433. The zero-order valence-electron chi connectivity index (χ0n) is 20.8. The van der Waals surface area contributed by atoms with Crippen LogP contribution in [0.3, 0.4) is 0 Å². The number of aromatic amines is 2. The molecule has 8 nitrogen and oxygen atoms in total. The first-order chi connectivity index (χ1) is 16.3. The molecule has 34 heavy (non-hydrogen) atoms. The molecule has 3 heterocycles. The van der Waals surface area contributed by atoms with Crippen LogP contribution in [0, 0.1) is 5.41 Å². The highest BCUT2D eigenvalue weighted by molar-refractivity contribution is 5.97. The molecule has 1 saturated heterocycles. The van der Waals surface area contributed by atoms with E-state index in [1.54, 1.807) is 19.1 Å². The summed E-state index contributed by atoms with van der Waals surface area (Å²) in [7, 11) is 5.21. The van der Waals surface area contributed by atoms with Crippen LogP contribution < -0.4 is 4.90 Å². The maximum Gasteiger partial charge on any atom is 0.240 e. The van der Waals surface area contributed by atoms with Crippen LogP contribution >= 0.6 is 0 Å². The first-order valence-electron chi connectivity index (χ1n) is 12.0. The number of benzene rings is 1. The van der Waals surface area contributed by atoms with Gasteiger partial charge in [-0.05, 0) is 42.9 Å². The van der Waals surface area contributed by atoms with Crippen LogP contribution in [0.15, 0.2) is 24.3 Å². The molecule has 2 aliphatic rings. The minimum absolute atomic E-state index is 0.00402. The van der Waals surface area contributed by atoms with Gasteiger partial charge in [-0.2, -0.15) is 5.10 Å². The van der Waals surface area contributed by atoms with E-state index in [2.05, 4.69) is 46.1 Å². The lowest BCUT2D eigenvalue weighted by atomic mass is 9.76. The molecule has 0 radical (unpaired) electrons. The molecule has 0 bridgehead atoms. The number of methoxy groups -OCH3 is 2. The predicted molar refractivity (Wildman–Crippen MR) is 133 cm³/mol. The van der Waals surface area contributed by atoms with Gasteiger partial charge in [0.1, 0.15) is 5.69 Å². The molecule has 1 amide bonds. The molecule has 0 spiro atoms. The van der Waals surface area contributed by atoms with Crippen molar-refractivity contribution in [2.75, 3.05) is 45.8 Å². The van der Waals surface area contributed by atoms with E-state index in [-0.39, 0.29) is 18.1 Å². The predicted octanol–water partition coefficient (Wildman–Crippen LogP) is 3.38. The molecule has 1 aliphatic heterocycles. The van der Waals surface area contributed by atoms with Gasteiger partial charge in [0.05, 0.1) is 24.4 Å². The second-order valence-electron chi connectivity index (χ2n) is 10.5. The van der Waals surface area contributed by atoms with Crippen molar-refractivity contribution in [1.82, 2.24) is 20.1 Å². The summed E-state index contributed by atoms with van der Waals surface area (Å²) in [5, 5.41) is 9.03. The Labute approximate surface area is 200 Å². The van der Waals surface area contributed by atoms with Crippen molar-refractivity contribution in [3.8, 4) is 11.4 Å². The summed E-state index contributed by atoms with van der Waals surface area (Å²) in [6.45, 7) is 6.35. The van der Waals surface area contributed by atoms with E-state index >= 15 is 0 Å². The first-order valence-corrected chi connectivity index (χ1v) is 12.0. The monoisotopic (exact) mass is 465 g/mol. The molecule has 1 aromatic carbocycles. The number of hydrogen-bond acceptors (Lipinski definition) is 5. The zero-order chi connectivity index (χ0) is 24.0. The number of likely N-dealkylation sites (N-methyl/N-ethyl adjacent to an activating group) is 1. The lowest BCUT2D eigenvalue weighted by molar-refractivity contribution is -0.119. The van der Waals surface area contributed by atoms with Crippen LogP contribution in [-0.4, -0.2) is 79.1 Å². The lowest BCUT2D eigenvalue weighted by Crippen LogP contribution is -2.38. The number of nitrogens with zero attached hydrogens (tertiary/aromatic N) is 3. The molecule has 0 saturated carbocycles. The van der Waals surface area contributed by atoms with Crippen molar-refractivity contribution in [1.29, 1.82) is 0 Å². The van der Waals surface area contributed by atoms with Crippen molar-refractivity contribution in [3.63, 3.8) is 0 Å². The maximum atomic E-state index is 13.0. The molecule has 0 unspecified atom stereocenters. The number of nitrogens with one attached hydrogen (secondary N) is 2. The highest BCUT2D eigenvalue weighted by atomic mass is 16.5. The van der Waals surface area contributed by atoms with Gasteiger partial charge >= 0.3 is 0 Å². The van der Waals surface area contributed by atoms with Gasteiger partial charge in [0.25, 0.3) is 0 Å². The van der Waals surface area contributed by atoms with Crippen molar-refractivity contribution >= 4 is 22.5 Å². The summed E-state index contributed by atoms with van der Waals surface area (Å²) in [4.78, 5) is 20.4. The number of ether oxygens (including phenoxy) is 2. The highest BCUT2D eigenvalue weighted by Gasteiger charge is 2.34. The first kappa shape index (κ1) is 23.1. The van der Waals surface area contributed by atoms with Crippen molar-refractivity contribution in [2.45, 2.75) is 45.3 Å². The van der Waals surface area contributed by atoms with Crippen LogP contribution in [0.4, 0.5) is 5.69 Å². The largest absolute Gasteiger partial charge is 0.377 e. The number of rotatable bonds is 6. The summed E-state index contributed by atoms with van der Waals surface area (Å²) in [6.07, 6.45) is 3.22. The third-order valence-electron chi connectivity index (χ3n) is 7.54. The standard InChI is InChI=1S/C26H35N5O3/c1-26(2)9-8-18-21(12-26)28-29-25(18)20-10-16-6-7-17(11-19(16)27-20)30(3)24(32)15-31-13-22(33-4)23(14-31)34-5/h6-7,10-11,22-23,27H,8-9,12-15H2,1-5H3,(H,28,29)/t22-,23+. The number of amides is 1. The Balaban J connectivity index is 1.32. The highest BCUT2D eigenvalue weighted by Crippen LogP contribution is 2.38. The van der Waals surface area contributed by atoms with Crippen LogP contribution in [0.25, 0.3) is 22.3 Å². The van der Waals surface area contributed by atoms with Gasteiger partial charge in [-0.25, -0.2) is 0 Å². The Hall–Kier alpha value is -2.68. The van der Waals surface area contributed by atoms with Crippen LogP contribution in [0.2, 0.25) is 0 Å². The van der Waals surface area contributed by atoms with Crippen molar-refractivity contribution in [3.05, 3.63) is 35.5 Å². The summed E-state index contributed by atoms with van der Waals surface area (Å²) >= 11 is 0. The van der Waals surface area contributed by atoms with Crippen LogP contribution in [0.5, 0.6) is 0 Å². The number of carbonyl (C=O) groups is 1. The fourth-order valence-electron chi connectivity index (χ4n) is 5.36. The number of H-pyrrole nitrogens is 2. The molecule has 2 aromatic heterocycles. The van der Waals surface area contributed by atoms with E-state index in [9.17, 15) is 4.79 Å². The minimum atomic E-state index is -0.00402. The Bertz CT molecular complexity index is 1180. The molecule has 2 atom stereocenters. The Morgan fingerprint density at radius 2 is 1.94 bits per heavy atom. The molecule has 1 fully saturated rings. The summed E-state index contributed by atoms with van der Waals surface area (Å²) < 4.78 is 11.0. The number of anilines is 1. The molecule has 5 rings (SSSR count). The lowest BCUT2D eigenvalue weighted by Gasteiger charge is -2.28. The summed E-state index contributed by atoms with van der Waals surface area (Å²) in [6, 6.07) is 8.25. The van der Waals surface area contributed by atoms with Crippen LogP contribution in [0.1, 0.15) is 31.5 Å². The Morgan fingerprint density at radius 1 is 1.21 bits per heavy atom. The van der Waals surface area contributed by atoms with Crippen molar-refractivity contribution < 1.29 is 14.3 Å². The number of likely N-dealkylation sites (tertiary alicyclic amines) is 1. The maximum absolute atomic E-state index is 13.0. The van der Waals surface area contributed by atoms with Gasteiger partial charge in [0, 0.05) is 62.2 Å². The molecule has 1 aliphatic carbocycles.